The molecule has 2 aromatic carbocycles. The van der Waals surface area contributed by atoms with E-state index in [-0.39, 0.29) is 17.2 Å². The molecule has 0 radical (unpaired) electrons. The van der Waals surface area contributed by atoms with E-state index >= 15 is 0 Å². The smallest absolute Gasteiger partial charge is 0.335 e. The van der Waals surface area contributed by atoms with Gasteiger partial charge in [-0.2, -0.15) is 0 Å². The first-order chi connectivity index (χ1) is 12.8. The molecule has 0 aromatic heterocycles. The van der Waals surface area contributed by atoms with Gasteiger partial charge in [0.05, 0.1) is 19.7 Å². The third-order valence-electron chi connectivity index (χ3n) is 3.67. The number of thioether (sulfide) groups is 1. The number of amides is 1. The van der Waals surface area contributed by atoms with Gasteiger partial charge in [-0.1, -0.05) is 22.0 Å². The molecule has 3 rings (SSSR count). The Morgan fingerprint density at radius 1 is 1.33 bits per heavy atom. The molecule has 0 spiro atoms. The highest BCUT2D eigenvalue weighted by Crippen LogP contribution is 2.36. The number of aliphatic imine (C=N–C) groups is 1. The molecule has 0 unspecified atom stereocenters. The summed E-state index contributed by atoms with van der Waals surface area (Å²) in [7, 11) is 1.60. The van der Waals surface area contributed by atoms with Gasteiger partial charge in [-0.05, 0) is 70.8 Å². The van der Waals surface area contributed by atoms with Crippen LogP contribution in [0.5, 0.6) is 5.75 Å². The van der Waals surface area contributed by atoms with Gasteiger partial charge in [0.2, 0.25) is 0 Å². The zero-order chi connectivity index (χ0) is 19.7. The number of nitrogens with zero attached hydrogens (tertiary/aromatic N) is 2. The number of benzene rings is 2. The van der Waals surface area contributed by atoms with Gasteiger partial charge in [0.15, 0.2) is 5.17 Å². The molecule has 138 valence electrons. The average Bonchev–Trinajstić information content (AvgIpc) is 2.87. The lowest BCUT2D eigenvalue weighted by atomic mass is 10.2. The van der Waals surface area contributed by atoms with Crippen molar-refractivity contribution >= 4 is 79.1 Å². The van der Waals surface area contributed by atoms with Gasteiger partial charge in [-0.3, -0.25) is 9.69 Å². The van der Waals surface area contributed by atoms with Crippen molar-refractivity contribution in [2.24, 2.45) is 4.99 Å². The van der Waals surface area contributed by atoms with Crippen LogP contribution in [-0.2, 0) is 4.79 Å². The zero-order valence-electron chi connectivity index (χ0n) is 13.8. The summed E-state index contributed by atoms with van der Waals surface area (Å²) < 4.78 is 1.46. The van der Waals surface area contributed by atoms with Gasteiger partial charge in [0.25, 0.3) is 5.91 Å². The maximum absolute atomic E-state index is 12.5. The van der Waals surface area contributed by atoms with Crippen LogP contribution in [0.4, 0.5) is 5.69 Å². The van der Waals surface area contributed by atoms with Gasteiger partial charge < -0.3 is 10.2 Å². The molecule has 0 aliphatic carbocycles. The predicted octanol–water partition coefficient (Wildman–Crippen LogP) is 4.69. The number of carboxylic acid groups (broad SMARTS) is 1. The minimum atomic E-state index is -1.04. The van der Waals surface area contributed by atoms with Crippen LogP contribution in [0.2, 0.25) is 0 Å². The van der Waals surface area contributed by atoms with Crippen LogP contribution in [0.1, 0.15) is 15.9 Å². The highest BCUT2D eigenvalue weighted by Gasteiger charge is 2.30. The van der Waals surface area contributed by atoms with E-state index < -0.39 is 5.97 Å². The van der Waals surface area contributed by atoms with Gasteiger partial charge >= 0.3 is 5.97 Å². The summed E-state index contributed by atoms with van der Waals surface area (Å²) in [5.41, 5.74) is 1.09. The van der Waals surface area contributed by atoms with Crippen LogP contribution in [0.25, 0.3) is 6.08 Å². The van der Waals surface area contributed by atoms with Crippen LogP contribution in [0.15, 0.2) is 50.8 Å². The third-order valence-corrected chi connectivity index (χ3v) is 6.01. The first-order valence-corrected chi connectivity index (χ1v) is 10.2. The van der Waals surface area contributed by atoms with Gasteiger partial charge in [-0.15, -0.1) is 0 Å². The lowest BCUT2D eigenvalue weighted by Crippen LogP contribution is -2.23. The van der Waals surface area contributed by atoms with Gasteiger partial charge in [-0.25, -0.2) is 9.79 Å². The average molecular weight is 559 g/mol. The molecule has 1 saturated heterocycles. The standard InChI is InChI=1S/C18H12BrIN2O4S/c1-22-16(24)14(7-10-5-11(19)8-13(20)15(10)23)27-18(22)21-12-4-2-3-9(6-12)17(25)26/h2-8,23H,1H3,(H,25,26). The number of aromatic carboxylic acids is 1. The van der Waals surface area contributed by atoms with Crippen molar-refractivity contribution < 1.29 is 19.8 Å². The summed E-state index contributed by atoms with van der Waals surface area (Å²) >= 11 is 6.56. The fourth-order valence-electron chi connectivity index (χ4n) is 2.31. The van der Waals surface area contributed by atoms with Crippen LogP contribution >= 0.6 is 50.3 Å². The van der Waals surface area contributed by atoms with E-state index in [1.807, 2.05) is 22.6 Å². The highest BCUT2D eigenvalue weighted by molar-refractivity contribution is 14.1. The fourth-order valence-corrected chi connectivity index (χ4v) is 4.84. The topological polar surface area (TPSA) is 90.2 Å². The number of amidine groups is 1. The Hall–Kier alpha value is -1.85. The number of hydrogen-bond acceptors (Lipinski definition) is 5. The van der Waals surface area contributed by atoms with E-state index in [0.29, 0.717) is 24.9 Å². The first kappa shape index (κ1) is 19.9. The lowest BCUT2D eigenvalue weighted by Gasteiger charge is -2.07. The Bertz CT molecular complexity index is 1020. The number of phenolic OH excluding ortho intramolecular Hbond substituents is 1. The van der Waals surface area contributed by atoms with Crippen LogP contribution in [-0.4, -0.2) is 39.2 Å². The molecular formula is C18H12BrIN2O4S. The number of aromatic hydroxyl groups is 1. The summed E-state index contributed by atoms with van der Waals surface area (Å²) in [5, 5.41) is 19.7. The number of carbonyl (C=O) groups is 2. The van der Waals surface area contributed by atoms with Crippen molar-refractivity contribution in [3.63, 3.8) is 0 Å². The molecule has 2 aromatic rings. The molecule has 27 heavy (non-hydrogen) atoms. The molecule has 1 aliphatic heterocycles. The van der Waals surface area contributed by atoms with E-state index in [2.05, 4.69) is 20.9 Å². The van der Waals surface area contributed by atoms with E-state index in [1.165, 1.54) is 17.0 Å². The molecular weight excluding hydrogens is 547 g/mol. The minimum Gasteiger partial charge on any atom is -0.506 e. The number of halogens is 2. The maximum Gasteiger partial charge on any atom is 0.335 e. The summed E-state index contributed by atoms with van der Waals surface area (Å²) in [5.74, 6) is -1.19. The summed E-state index contributed by atoms with van der Waals surface area (Å²) in [6, 6.07) is 9.69. The Balaban J connectivity index is 1.96. The first-order valence-electron chi connectivity index (χ1n) is 7.54. The Morgan fingerprint density at radius 3 is 2.78 bits per heavy atom. The maximum atomic E-state index is 12.5. The van der Waals surface area contributed by atoms with Crippen LogP contribution < -0.4 is 0 Å². The Morgan fingerprint density at radius 2 is 2.07 bits per heavy atom. The van der Waals surface area contributed by atoms with E-state index in [9.17, 15) is 14.7 Å². The van der Waals surface area contributed by atoms with Crippen molar-refractivity contribution in [3.05, 3.63) is 60.5 Å². The molecule has 9 heteroatoms. The molecule has 6 nitrogen and oxygen atoms in total. The Kier molecular flexibility index (Phi) is 5.92. The van der Waals surface area contributed by atoms with E-state index in [0.717, 1.165) is 16.2 Å². The monoisotopic (exact) mass is 558 g/mol. The lowest BCUT2D eigenvalue weighted by molar-refractivity contribution is -0.121. The molecule has 1 fully saturated rings. The number of carboxylic acids is 1. The largest absolute Gasteiger partial charge is 0.506 e. The Labute approximate surface area is 181 Å². The second-order valence-electron chi connectivity index (χ2n) is 5.55. The van der Waals surface area contributed by atoms with Crippen molar-refractivity contribution in [3.8, 4) is 5.75 Å². The number of hydrogen-bond donors (Lipinski definition) is 2. The van der Waals surface area contributed by atoms with Crippen LogP contribution in [0, 0.1) is 3.57 Å². The van der Waals surface area contributed by atoms with Crippen molar-refractivity contribution in [1.29, 1.82) is 0 Å². The molecule has 2 N–H and O–H groups in total. The summed E-state index contributed by atoms with van der Waals surface area (Å²) in [6.07, 6.45) is 1.61. The minimum absolute atomic E-state index is 0.0990. The normalized spacial score (nSPS) is 17.1. The second kappa shape index (κ2) is 8.03. The van der Waals surface area contributed by atoms with Crippen molar-refractivity contribution in [1.82, 2.24) is 4.90 Å². The number of carbonyl (C=O) groups excluding carboxylic acids is 1. The van der Waals surface area contributed by atoms with E-state index in [4.69, 9.17) is 5.11 Å². The molecule has 1 amide bonds. The fraction of sp³-hybridized carbons (Fsp3) is 0.0556. The zero-order valence-corrected chi connectivity index (χ0v) is 18.4. The van der Waals surface area contributed by atoms with Crippen molar-refractivity contribution in [2.75, 3.05) is 7.05 Å². The molecule has 1 heterocycles. The summed E-state index contributed by atoms with van der Waals surface area (Å²) in [6.45, 7) is 0. The van der Waals surface area contributed by atoms with Crippen molar-refractivity contribution in [2.45, 2.75) is 0 Å². The SMILES string of the molecule is CN1C(=O)C(=Cc2cc(Br)cc(I)c2O)SC1=Nc1cccc(C(=O)O)c1. The van der Waals surface area contributed by atoms with Gasteiger partial charge in [0.1, 0.15) is 5.75 Å². The predicted molar refractivity (Wildman–Crippen MR) is 117 cm³/mol. The number of rotatable bonds is 3. The quantitative estimate of drug-likeness (QED) is 0.421. The molecule has 0 bridgehead atoms. The molecule has 0 saturated carbocycles. The van der Waals surface area contributed by atoms with Crippen LogP contribution in [0.3, 0.4) is 0 Å². The third kappa shape index (κ3) is 4.36. The van der Waals surface area contributed by atoms with E-state index in [1.54, 1.807) is 37.4 Å². The number of phenols is 1. The van der Waals surface area contributed by atoms with Gasteiger partial charge in [0, 0.05) is 17.1 Å². The summed E-state index contributed by atoms with van der Waals surface area (Å²) in [4.78, 5) is 29.8. The molecule has 1 aliphatic rings. The highest BCUT2D eigenvalue weighted by atomic mass is 127. The molecule has 0 atom stereocenters. The number of likely N-dealkylation sites (N-methyl/N-ethyl adjacent to an activating group) is 1. The second-order valence-corrected chi connectivity index (χ2v) is 8.64.